The summed E-state index contributed by atoms with van der Waals surface area (Å²) in [7, 11) is 0.344. The van der Waals surface area contributed by atoms with Crippen molar-refractivity contribution in [3.63, 3.8) is 0 Å². The Hall–Kier alpha value is -2.91. The summed E-state index contributed by atoms with van der Waals surface area (Å²) in [6, 6.07) is 12.0. The molecule has 1 saturated heterocycles. The lowest BCUT2D eigenvalue weighted by Gasteiger charge is -2.26. The zero-order valence-corrected chi connectivity index (χ0v) is 20.8. The number of sulfonamides is 1. The van der Waals surface area contributed by atoms with Crippen LogP contribution in [0.5, 0.6) is 0 Å². The van der Waals surface area contributed by atoms with Gasteiger partial charge in [-0.2, -0.15) is 4.31 Å². The van der Waals surface area contributed by atoms with Gasteiger partial charge in [0.05, 0.1) is 4.90 Å². The van der Waals surface area contributed by atoms with Crippen molar-refractivity contribution in [3.8, 4) is 0 Å². The van der Waals surface area contributed by atoms with Gasteiger partial charge < -0.3 is 10.2 Å². The van der Waals surface area contributed by atoms with Crippen molar-refractivity contribution in [1.29, 1.82) is 0 Å². The molecule has 1 fully saturated rings. The Kier molecular flexibility index (Phi) is 6.95. The maximum Gasteiger partial charge on any atom is 0.243 e. The van der Waals surface area contributed by atoms with Gasteiger partial charge in [-0.15, -0.1) is 0 Å². The first-order chi connectivity index (χ1) is 16.2. The number of rotatable bonds is 6. The number of hydrogen-bond donors (Lipinski definition) is 1. The van der Waals surface area contributed by atoms with E-state index < -0.39 is 16.1 Å². The first kappa shape index (κ1) is 24.2. The van der Waals surface area contributed by atoms with E-state index in [0.717, 1.165) is 30.5 Å². The van der Waals surface area contributed by atoms with Crippen molar-refractivity contribution in [1.82, 2.24) is 9.62 Å². The van der Waals surface area contributed by atoms with E-state index in [4.69, 9.17) is 0 Å². The van der Waals surface area contributed by atoms with Gasteiger partial charge in [0.25, 0.3) is 0 Å². The highest BCUT2D eigenvalue weighted by molar-refractivity contribution is 7.89. The van der Waals surface area contributed by atoms with Crippen molar-refractivity contribution in [2.45, 2.75) is 50.1 Å². The summed E-state index contributed by atoms with van der Waals surface area (Å²) in [4.78, 5) is 29.2. The number of nitrogens with one attached hydrogen (secondary N) is 1. The maximum atomic E-state index is 13.1. The summed E-state index contributed by atoms with van der Waals surface area (Å²) in [5.41, 5.74) is 3.32. The van der Waals surface area contributed by atoms with Crippen LogP contribution < -0.4 is 15.1 Å². The number of carbonyl (C=O) groups is 2. The van der Waals surface area contributed by atoms with Crippen molar-refractivity contribution < 1.29 is 18.0 Å². The Bertz CT molecular complexity index is 1170. The second-order valence-electron chi connectivity index (χ2n) is 9.14. The van der Waals surface area contributed by atoms with Crippen molar-refractivity contribution in [3.05, 3.63) is 53.6 Å². The molecule has 2 aliphatic heterocycles. The monoisotopic (exact) mass is 484 g/mol. The van der Waals surface area contributed by atoms with Gasteiger partial charge in [0.1, 0.15) is 6.04 Å². The Morgan fingerprint density at radius 1 is 1.03 bits per heavy atom. The molecule has 0 unspecified atom stereocenters. The number of hydrogen-bond acceptors (Lipinski definition) is 5. The molecule has 0 bridgehead atoms. The fraction of sp³-hybridized carbons (Fsp3) is 0.440. The molecule has 8 nitrogen and oxygen atoms in total. The van der Waals surface area contributed by atoms with Gasteiger partial charge in [0, 0.05) is 58.4 Å². The van der Waals surface area contributed by atoms with E-state index in [2.05, 4.69) is 5.32 Å². The number of piperidine rings is 1. The predicted octanol–water partition coefficient (Wildman–Crippen LogP) is 2.52. The lowest BCUT2D eigenvalue weighted by Crippen LogP contribution is -2.47. The fourth-order valence-corrected chi connectivity index (χ4v) is 6.23. The number of anilines is 2. The van der Waals surface area contributed by atoms with Gasteiger partial charge in [-0.05, 0) is 54.3 Å². The SMILES string of the molecule is CC(=O)N1c2ccc(S(=O)(=O)N3CCCCC3)cc2C[C@@H]1C(=O)NCc1ccc(N(C)C)cc1. The predicted molar refractivity (Wildman–Crippen MR) is 132 cm³/mol. The van der Waals surface area contributed by atoms with Crippen molar-refractivity contribution >= 4 is 33.2 Å². The normalized spacial score (nSPS) is 18.4. The molecule has 4 rings (SSSR count). The Morgan fingerprint density at radius 3 is 2.32 bits per heavy atom. The molecule has 2 heterocycles. The second kappa shape index (κ2) is 9.76. The molecule has 2 aromatic carbocycles. The Labute approximate surface area is 201 Å². The van der Waals surface area contributed by atoms with E-state index in [1.807, 2.05) is 43.3 Å². The van der Waals surface area contributed by atoms with E-state index >= 15 is 0 Å². The first-order valence-corrected chi connectivity index (χ1v) is 13.1. The minimum atomic E-state index is -3.59. The summed E-state index contributed by atoms with van der Waals surface area (Å²) < 4.78 is 27.7. The highest BCUT2D eigenvalue weighted by atomic mass is 32.2. The largest absolute Gasteiger partial charge is 0.378 e. The molecule has 0 radical (unpaired) electrons. The number of carbonyl (C=O) groups excluding carboxylic acids is 2. The quantitative estimate of drug-likeness (QED) is 0.681. The number of amides is 2. The Balaban J connectivity index is 1.50. The van der Waals surface area contributed by atoms with Crippen LogP contribution in [-0.2, 0) is 32.6 Å². The second-order valence-corrected chi connectivity index (χ2v) is 11.1. The van der Waals surface area contributed by atoms with Crippen molar-refractivity contribution in [2.75, 3.05) is 37.0 Å². The van der Waals surface area contributed by atoms with Crippen molar-refractivity contribution in [2.24, 2.45) is 0 Å². The lowest BCUT2D eigenvalue weighted by molar-refractivity contribution is -0.125. The molecule has 2 amide bonds. The van der Waals surface area contributed by atoms with Gasteiger partial charge in [-0.1, -0.05) is 18.6 Å². The minimum Gasteiger partial charge on any atom is -0.378 e. The van der Waals surface area contributed by atoms with Crippen LogP contribution in [0.2, 0.25) is 0 Å². The summed E-state index contributed by atoms with van der Waals surface area (Å²) in [5, 5.41) is 2.93. The number of nitrogens with zero attached hydrogens (tertiary/aromatic N) is 3. The zero-order chi connectivity index (χ0) is 24.5. The van der Waals surface area contributed by atoms with Crippen LogP contribution in [0.15, 0.2) is 47.4 Å². The van der Waals surface area contributed by atoms with E-state index in [0.29, 0.717) is 30.9 Å². The summed E-state index contributed by atoms with van der Waals surface area (Å²) >= 11 is 0. The van der Waals surface area contributed by atoms with Gasteiger partial charge in [0.2, 0.25) is 21.8 Å². The van der Waals surface area contributed by atoms with Crippen LogP contribution in [0, 0.1) is 0 Å². The summed E-state index contributed by atoms with van der Waals surface area (Å²) in [6.07, 6.45) is 3.05. The first-order valence-electron chi connectivity index (χ1n) is 11.7. The van der Waals surface area contributed by atoms with Gasteiger partial charge in [-0.3, -0.25) is 14.5 Å². The van der Waals surface area contributed by atoms with Crippen LogP contribution in [0.1, 0.15) is 37.3 Å². The standard InChI is InChI=1S/C25H32N4O4S/c1-18(30)29-23-12-11-22(34(32,33)28-13-5-4-6-14-28)15-20(23)16-24(29)25(31)26-17-19-7-9-21(10-8-19)27(2)3/h7-12,15,24H,4-6,13-14,16-17H2,1-3H3,(H,26,31)/t24-/m1/s1. The van der Waals surface area contributed by atoms with Gasteiger partial charge in [-0.25, -0.2) is 8.42 Å². The van der Waals surface area contributed by atoms with E-state index in [1.165, 1.54) is 16.1 Å². The summed E-state index contributed by atoms with van der Waals surface area (Å²) in [6.45, 7) is 2.83. The lowest BCUT2D eigenvalue weighted by atomic mass is 10.1. The van der Waals surface area contributed by atoms with Gasteiger partial charge in [0.15, 0.2) is 0 Å². The van der Waals surface area contributed by atoms with E-state index in [9.17, 15) is 18.0 Å². The molecule has 0 spiro atoms. The molecule has 0 aromatic heterocycles. The smallest absolute Gasteiger partial charge is 0.243 e. The average Bonchev–Trinajstić information content (AvgIpc) is 3.22. The van der Waals surface area contributed by atoms with Crippen LogP contribution in [0.3, 0.4) is 0 Å². The van der Waals surface area contributed by atoms with E-state index in [-0.39, 0.29) is 23.1 Å². The topological polar surface area (TPSA) is 90.0 Å². The third-order valence-corrected chi connectivity index (χ3v) is 8.44. The molecule has 34 heavy (non-hydrogen) atoms. The maximum absolute atomic E-state index is 13.1. The highest BCUT2D eigenvalue weighted by Gasteiger charge is 2.38. The number of benzene rings is 2. The molecule has 182 valence electrons. The third-order valence-electron chi connectivity index (χ3n) is 6.55. The van der Waals surface area contributed by atoms with Crippen LogP contribution >= 0.6 is 0 Å². The van der Waals surface area contributed by atoms with Crippen LogP contribution in [0.25, 0.3) is 0 Å². The molecule has 1 N–H and O–H groups in total. The molecule has 2 aliphatic rings. The summed E-state index contributed by atoms with van der Waals surface area (Å²) in [5.74, 6) is -0.510. The molecule has 0 aliphatic carbocycles. The zero-order valence-electron chi connectivity index (χ0n) is 20.0. The fourth-order valence-electron chi connectivity index (χ4n) is 4.66. The molecule has 1 atom stereocenters. The third kappa shape index (κ3) is 4.81. The Morgan fingerprint density at radius 2 is 1.71 bits per heavy atom. The molecule has 0 saturated carbocycles. The molecule has 2 aromatic rings. The molecule has 9 heteroatoms. The van der Waals surface area contributed by atoms with Gasteiger partial charge >= 0.3 is 0 Å². The van der Waals surface area contributed by atoms with Crippen LogP contribution in [-0.4, -0.2) is 57.8 Å². The van der Waals surface area contributed by atoms with E-state index in [1.54, 1.807) is 18.2 Å². The molecular formula is C25H32N4O4S. The van der Waals surface area contributed by atoms with Crippen LogP contribution in [0.4, 0.5) is 11.4 Å². The number of fused-ring (bicyclic) bond motifs is 1. The highest BCUT2D eigenvalue weighted by Crippen LogP contribution is 2.35. The average molecular weight is 485 g/mol. The minimum absolute atomic E-state index is 0.221. The molecular weight excluding hydrogens is 452 g/mol.